The third-order valence-electron chi connectivity index (χ3n) is 1.96. The Balaban J connectivity index is 3.18. The van der Waals surface area contributed by atoms with E-state index in [0.29, 0.717) is 11.8 Å². The Morgan fingerprint density at radius 1 is 1.23 bits per heavy atom. The Hall–Kier alpha value is -1.25. The fraction of sp³-hybridized carbons (Fsp3) is 0.300. The number of hydrogen-bond donors (Lipinski definition) is 0. The molecule has 0 saturated heterocycles. The Bertz CT molecular complexity index is 332. The van der Waals surface area contributed by atoms with Crippen LogP contribution in [0.3, 0.4) is 0 Å². The van der Waals surface area contributed by atoms with Crippen LogP contribution in [0, 0.1) is 11.6 Å². The average Bonchev–Trinajstić information content (AvgIpc) is 2.09. The largest absolute Gasteiger partial charge is 0.302 e. The molecule has 0 aliphatic heterocycles. The van der Waals surface area contributed by atoms with E-state index in [1.165, 1.54) is 6.07 Å². The van der Waals surface area contributed by atoms with Crippen molar-refractivity contribution in [1.82, 2.24) is 0 Å². The van der Waals surface area contributed by atoms with E-state index in [4.69, 9.17) is 0 Å². The van der Waals surface area contributed by atoms with Crippen molar-refractivity contribution in [2.45, 2.75) is 19.3 Å². The summed E-state index contributed by atoms with van der Waals surface area (Å²) in [5, 5.41) is 0. The van der Waals surface area contributed by atoms with Crippen molar-refractivity contribution in [2.75, 3.05) is 0 Å². The van der Waals surface area contributed by atoms with Gasteiger partial charge in [-0.1, -0.05) is 6.07 Å². The van der Waals surface area contributed by atoms with Crippen molar-refractivity contribution in [2.24, 2.45) is 0 Å². The second-order valence-electron chi connectivity index (χ2n) is 3.47. The first-order chi connectivity index (χ1) is 5.97. The molecule has 0 spiro atoms. The predicted molar refractivity (Wildman–Crippen MR) is 45.4 cm³/mol. The minimum atomic E-state index is -0.924. The predicted octanol–water partition coefficient (Wildman–Crippen LogP) is 2.44. The molecule has 0 aliphatic rings. The van der Waals surface area contributed by atoms with Crippen molar-refractivity contribution in [3.8, 4) is 0 Å². The summed E-state index contributed by atoms with van der Waals surface area (Å²) in [6.45, 7) is 3.29. The molecule has 0 amide bonds. The highest BCUT2D eigenvalue weighted by Gasteiger charge is 2.20. The van der Waals surface area contributed by atoms with Gasteiger partial charge in [-0.25, -0.2) is 8.78 Å². The van der Waals surface area contributed by atoms with Crippen molar-refractivity contribution in [1.29, 1.82) is 0 Å². The number of carbonyl (C=O) groups is 1. The van der Waals surface area contributed by atoms with E-state index in [-0.39, 0.29) is 0 Å². The molecule has 1 aromatic rings. The van der Waals surface area contributed by atoms with Crippen molar-refractivity contribution in [3.05, 3.63) is 35.4 Å². The Labute approximate surface area is 75.4 Å². The van der Waals surface area contributed by atoms with E-state index < -0.39 is 17.0 Å². The van der Waals surface area contributed by atoms with Gasteiger partial charge in [0.15, 0.2) is 11.6 Å². The second-order valence-corrected chi connectivity index (χ2v) is 3.47. The van der Waals surface area contributed by atoms with Gasteiger partial charge in [-0.15, -0.1) is 0 Å². The Morgan fingerprint density at radius 3 is 2.31 bits per heavy atom. The molecule has 3 heteroatoms. The molecule has 0 aliphatic carbocycles. The van der Waals surface area contributed by atoms with Gasteiger partial charge in [-0.05, 0) is 31.5 Å². The molecule has 0 fully saturated rings. The van der Waals surface area contributed by atoms with Crippen LogP contribution in [-0.4, -0.2) is 6.29 Å². The van der Waals surface area contributed by atoms with Crippen LogP contribution in [0.1, 0.15) is 19.4 Å². The summed E-state index contributed by atoms with van der Waals surface area (Å²) in [6.07, 6.45) is 0.708. The smallest absolute Gasteiger partial charge is 0.159 e. The summed E-state index contributed by atoms with van der Waals surface area (Å²) in [5.74, 6) is -1.82. The fourth-order valence-electron chi connectivity index (χ4n) is 0.965. The van der Waals surface area contributed by atoms with E-state index in [0.717, 1.165) is 12.1 Å². The molecular weight excluding hydrogens is 174 g/mol. The summed E-state index contributed by atoms with van der Waals surface area (Å²) in [7, 11) is 0. The van der Waals surface area contributed by atoms with Crippen molar-refractivity contribution in [3.63, 3.8) is 0 Å². The standard InChI is InChI=1S/C10H10F2O/c1-10(2,6-13)7-3-4-8(11)9(12)5-7/h3-6H,1-2H3. The Kier molecular flexibility index (Phi) is 2.45. The molecule has 0 heterocycles. The molecule has 0 unspecified atom stereocenters. The van der Waals surface area contributed by atoms with Gasteiger partial charge in [0.1, 0.15) is 6.29 Å². The topological polar surface area (TPSA) is 17.1 Å². The summed E-state index contributed by atoms with van der Waals surface area (Å²) in [5.41, 5.74) is -0.296. The molecule has 0 radical (unpaired) electrons. The van der Waals surface area contributed by atoms with Crippen LogP contribution in [-0.2, 0) is 10.2 Å². The van der Waals surface area contributed by atoms with Gasteiger partial charge in [0.25, 0.3) is 0 Å². The first-order valence-corrected chi connectivity index (χ1v) is 3.89. The monoisotopic (exact) mass is 184 g/mol. The zero-order valence-electron chi connectivity index (χ0n) is 7.47. The third-order valence-corrected chi connectivity index (χ3v) is 1.96. The average molecular weight is 184 g/mol. The number of aldehydes is 1. The maximum atomic E-state index is 12.8. The van der Waals surface area contributed by atoms with Crippen LogP contribution in [0.25, 0.3) is 0 Å². The van der Waals surface area contributed by atoms with Crippen molar-refractivity contribution < 1.29 is 13.6 Å². The van der Waals surface area contributed by atoms with Crippen LogP contribution in [0.4, 0.5) is 8.78 Å². The molecule has 0 bridgehead atoms. The lowest BCUT2D eigenvalue weighted by Crippen LogP contribution is -2.18. The van der Waals surface area contributed by atoms with Crippen LogP contribution in [0.2, 0.25) is 0 Å². The number of benzene rings is 1. The highest BCUT2D eigenvalue weighted by molar-refractivity contribution is 5.67. The van der Waals surface area contributed by atoms with Gasteiger partial charge in [0.2, 0.25) is 0 Å². The highest BCUT2D eigenvalue weighted by atomic mass is 19.2. The van der Waals surface area contributed by atoms with E-state index in [9.17, 15) is 13.6 Å². The molecule has 0 aromatic heterocycles. The van der Waals surface area contributed by atoms with Crippen LogP contribution in [0.5, 0.6) is 0 Å². The molecule has 70 valence electrons. The molecule has 1 aromatic carbocycles. The second kappa shape index (κ2) is 3.24. The van der Waals surface area contributed by atoms with E-state index in [2.05, 4.69) is 0 Å². The molecule has 1 nitrogen and oxygen atoms in total. The minimum Gasteiger partial charge on any atom is -0.302 e. The summed E-state index contributed by atoms with van der Waals surface area (Å²) in [6, 6.07) is 3.48. The molecule has 0 atom stereocenters. The Morgan fingerprint density at radius 2 is 1.85 bits per heavy atom. The molecule has 0 N–H and O–H groups in total. The maximum absolute atomic E-state index is 12.8. The molecular formula is C10H10F2O. The zero-order valence-corrected chi connectivity index (χ0v) is 7.47. The van der Waals surface area contributed by atoms with Crippen LogP contribution in [0.15, 0.2) is 18.2 Å². The fourth-order valence-corrected chi connectivity index (χ4v) is 0.965. The quantitative estimate of drug-likeness (QED) is 0.645. The zero-order chi connectivity index (χ0) is 10.1. The van der Waals surface area contributed by atoms with Gasteiger partial charge in [0.05, 0.1) is 0 Å². The van der Waals surface area contributed by atoms with Gasteiger partial charge in [0, 0.05) is 5.41 Å². The summed E-state index contributed by atoms with van der Waals surface area (Å²) in [4.78, 5) is 10.6. The van der Waals surface area contributed by atoms with Gasteiger partial charge in [-0.3, -0.25) is 0 Å². The SMILES string of the molecule is CC(C)(C=O)c1ccc(F)c(F)c1. The normalized spacial score (nSPS) is 11.4. The van der Waals surface area contributed by atoms with Gasteiger partial charge < -0.3 is 4.79 Å². The maximum Gasteiger partial charge on any atom is 0.159 e. The van der Waals surface area contributed by atoms with Crippen LogP contribution >= 0.6 is 0 Å². The molecule has 1 rings (SSSR count). The van der Waals surface area contributed by atoms with Gasteiger partial charge in [-0.2, -0.15) is 0 Å². The van der Waals surface area contributed by atoms with Crippen LogP contribution < -0.4 is 0 Å². The lowest BCUT2D eigenvalue weighted by atomic mass is 9.86. The first kappa shape index (κ1) is 9.84. The number of hydrogen-bond acceptors (Lipinski definition) is 1. The summed E-state index contributed by atoms with van der Waals surface area (Å²) >= 11 is 0. The minimum absolute atomic E-state index is 0.474. The number of halogens is 2. The highest BCUT2D eigenvalue weighted by Crippen LogP contribution is 2.22. The molecule has 0 saturated carbocycles. The van der Waals surface area contributed by atoms with E-state index in [1.807, 2.05) is 0 Å². The van der Waals surface area contributed by atoms with E-state index >= 15 is 0 Å². The van der Waals surface area contributed by atoms with Crippen molar-refractivity contribution >= 4 is 6.29 Å². The van der Waals surface area contributed by atoms with E-state index in [1.54, 1.807) is 13.8 Å². The molecule has 13 heavy (non-hydrogen) atoms. The lowest BCUT2D eigenvalue weighted by Gasteiger charge is -2.16. The number of rotatable bonds is 2. The van der Waals surface area contributed by atoms with Gasteiger partial charge >= 0.3 is 0 Å². The third kappa shape index (κ3) is 1.91. The first-order valence-electron chi connectivity index (χ1n) is 3.89. The number of carbonyl (C=O) groups excluding carboxylic acids is 1. The summed E-state index contributed by atoms with van der Waals surface area (Å²) < 4.78 is 25.3. The lowest BCUT2D eigenvalue weighted by molar-refractivity contribution is -0.111.